The van der Waals surface area contributed by atoms with Crippen LogP contribution in [0.15, 0.2) is 36.1 Å². The molecule has 0 radical (unpaired) electrons. The van der Waals surface area contributed by atoms with Crippen LogP contribution >= 0.6 is 0 Å². The first-order chi connectivity index (χ1) is 14.5. The minimum Gasteiger partial charge on any atom is -0.872 e. The maximum absolute atomic E-state index is 13.0. The Morgan fingerprint density at radius 1 is 1.07 bits per heavy atom. The Bertz CT molecular complexity index is 945. The lowest BCUT2D eigenvalue weighted by Crippen LogP contribution is -3.10. The first-order valence-corrected chi connectivity index (χ1v) is 10.3. The lowest BCUT2D eigenvalue weighted by Gasteiger charge is -2.23. The molecular formula is C24H29NO5. The van der Waals surface area contributed by atoms with E-state index in [1.807, 2.05) is 0 Å². The van der Waals surface area contributed by atoms with Gasteiger partial charge in [0.1, 0.15) is 23.8 Å². The normalized spacial score (nSPS) is 14.2. The van der Waals surface area contributed by atoms with Crippen molar-refractivity contribution in [2.75, 3.05) is 27.3 Å². The van der Waals surface area contributed by atoms with Crippen LogP contribution in [0.25, 0.3) is 6.08 Å². The number of methoxy groups -OCH3 is 2. The molecule has 0 spiro atoms. The van der Waals surface area contributed by atoms with Crippen LogP contribution in [0.3, 0.4) is 0 Å². The second kappa shape index (κ2) is 9.67. The molecule has 2 aromatic carbocycles. The molecule has 0 aliphatic carbocycles. The van der Waals surface area contributed by atoms with Gasteiger partial charge in [0.25, 0.3) is 0 Å². The number of ether oxygens (including phenoxy) is 3. The second-order valence-corrected chi connectivity index (χ2v) is 7.39. The molecule has 6 nitrogen and oxygen atoms in total. The van der Waals surface area contributed by atoms with Crippen molar-refractivity contribution in [2.24, 2.45) is 0 Å². The summed E-state index contributed by atoms with van der Waals surface area (Å²) in [4.78, 5) is 14.3. The largest absolute Gasteiger partial charge is 0.872 e. The molecule has 0 aromatic heterocycles. The van der Waals surface area contributed by atoms with E-state index >= 15 is 0 Å². The van der Waals surface area contributed by atoms with E-state index in [2.05, 4.69) is 13.8 Å². The molecule has 30 heavy (non-hydrogen) atoms. The van der Waals surface area contributed by atoms with E-state index in [0.717, 1.165) is 25.9 Å². The molecule has 3 rings (SSSR count). The molecule has 1 aliphatic rings. The van der Waals surface area contributed by atoms with E-state index < -0.39 is 0 Å². The topological polar surface area (TPSA) is 72.3 Å². The van der Waals surface area contributed by atoms with Crippen molar-refractivity contribution < 1.29 is 29.0 Å². The molecular weight excluding hydrogens is 382 g/mol. The molecule has 1 N–H and O–H groups in total. The first-order valence-electron chi connectivity index (χ1n) is 10.3. The zero-order valence-electron chi connectivity index (χ0n) is 18.0. The fourth-order valence-electron chi connectivity index (χ4n) is 3.79. The summed E-state index contributed by atoms with van der Waals surface area (Å²) >= 11 is 0. The summed E-state index contributed by atoms with van der Waals surface area (Å²) < 4.78 is 16.6. The number of fused-ring (bicyclic) bond motifs is 1. The summed E-state index contributed by atoms with van der Waals surface area (Å²) in [6.07, 6.45) is 3.71. The third-order valence-electron chi connectivity index (χ3n) is 5.26. The standard InChI is InChI=1S/C24H29NO5/c1-5-11-25(12-6-2)15-19-20(26)10-9-18-23(27)22(30-24(18)19)13-16-7-8-17(28-3)14-21(16)29-4/h7-10,13-14,26H,5-6,11-12,15H2,1-4H3. The molecule has 0 atom stereocenters. The van der Waals surface area contributed by atoms with Gasteiger partial charge in [-0.3, -0.25) is 4.79 Å². The zero-order valence-corrected chi connectivity index (χ0v) is 18.0. The second-order valence-electron chi connectivity index (χ2n) is 7.39. The van der Waals surface area contributed by atoms with E-state index in [4.69, 9.17) is 14.2 Å². The molecule has 160 valence electrons. The Balaban J connectivity index is 1.95. The molecule has 2 aromatic rings. The molecule has 0 saturated carbocycles. The monoisotopic (exact) mass is 411 g/mol. The van der Waals surface area contributed by atoms with E-state index in [1.165, 1.54) is 11.0 Å². The van der Waals surface area contributed by atoms with E-state index in [1.54, 1.807) is 44.6 Å². The number of Topliss-reactive ketones (excluding diaryl/α,β-unsaturated/α-hetero) is 1. The lowest BCUT2D eigenvalue weighted by atomic mass is 10.0. The summed E-state index contributed by atoms with van der Waals surface area (Å²) in [5, 5.41) is 12.6. The molecule has 0 unspecified atom stereocenters. The number of hydrogen-bond donors (Lipinski definition) is 1. The molecule has 0 saturated heterocycles. The van der Waals surface area contributed by atoms with Crippen LogP contribution < -0.4 is 24.2 Å². The third kappa shape index (κ3) is 4.44. The number of quaternary nitrogens is 1. The van der Waals surface area contributed by atoms with Crippen LogP contribution in [0.2, 0.25) is 0 Å². The van der Waals surface area contributed by atoms with Crippen LogP contribution in [0.5, 0.6) is 23.0 Å². The molecule has 0 bridgehead atoms. The Kier molecular flexibility index (Phi) is 7.00. The lowest BCUT2D eigenvalue weighted by molar-refractivity contribution is -0.914. The van der Waals surface area contributed by atoms with Crippen molar-refractivity contribution in [3.05, 3.63) is 52.8 Å². The summed E-state index contributed by atoms with van der Waals surface area (Å²) in [5.74, 6) is 1.50. The smallest absolute Gasteiger partial charge is 0.231 e. The number of rotatable bonds is 9. The minimum atomic E-state index is -0.225. The van der Waals surface area contributed by atoms with Crippen LogP contribution in [0.1, 0.15) is 48.2 Å². The number of benzene rings is 2. The van der Waals surface area contributed by atoms with Crippen LogP contribution in [0, 0.1) is 0 Å². The van der Waals surface area contributed by atoms with Gasteiger partial charge in [-0.25, -0.2) is 0 Å². The zero-order chi connectivity index (χ0) is 21.7. The maximum Gasteiger partial charge on any atom is 0.231 e. The van der Waals surface area contributed by atoms with Crippen molar-refractivity contribution in [1.29, 1.82) is 0 Å². The molecule has 1 heterocycles. The van der Waals surface area contributed by atoms with E-state index in [0.29, 0.717) is 40.5 Å². The SMILES string of the molecule is CCC[NH+](CCC)Cc1c([O-])ccc2c1OC(=Cc1ccc(OC)cc1OC)C2=O. The molecule has 1 aliphatic heterocycles. The van der Waals surface area contributed by atoms with E-state index in [-0.39, 0.29) is 17.3 Å². The van der Waals surface area contributed by atoms with Gasteiger partial charge in [0, 0.05) is 17.2 Å². The fourth-order valence-corrected chi connectivity index (χ4v) is 3.79. The van der Waals surface area contributed by atoms with Gasteiger partial charge >= 0.3 is 0 Å². The number of nitrogens with one attached hydrogen (secondary N) is 1. The minimum absolute atomic E-state index is 0.0884. The van der Waals surface area contributed by atoms with Crippen LogP contribution in [-0.2, 0) is 6.54 Å². The highest BCUT2D eigenvalue weighted by Gasteiger charge is 2.31. The average molecular weight is 411 g/mol. The van der Waals surface area contributed by atoms with E-state index in [9.17, 15) is 9.90 Å². The molecule has 0 fully saturated rings. The summed E-state index contributed by atoms with van der Waals surface area (Å²) in [7, 11) is 3.14. The van der Waals surface area contributed by atoms with Gasteiger partial charge in [0.2, 0.25) is 5.78 Å². The van der Waals surface area contributed by atoms with Gasteiger partial charge in [-0.1, -0.05) is 25.7 Å². The van der Waals surface area contributed by atoms with Crippen molar-refractivity contribution in [1.82, 2.24) is 0 Å². The predicted molar refractivity (Wildman–Crippen MR) is 113 cm³/mol. The number of allylic oxidation sites excluding steroid dienone is 1. The number of hydrogen-bond acceptors (Lipinski definition) is 5. The Morgan fingerprint density at radius 3 is 2.43 bits per heavy atom. The first kappa shape index (κ1) is 21.7. The summed E-state index contributed by atoms with van der Waals surface area (Å²) in [5.41, 5.74) is 1.71. The average Bonchev–Trinajstić information content (AvgIpc) is 3.06. The van der Waals surface area contributed by atoms with Crippen molar-refractivity contribution in [2.45, 2.75) is 33.2 Å². The highest BCUT2D eigenvalue weighted by molar-refractivity contribution is 6.15. The summed E-state index contributed by atoms with van der Waals surface area (Å²) in [6.45, 7) is 6.75. The van der Waals surface area contributed by atoms with Gasteiger partial charge in [0.15, 0.2) is 5.76 Å². The highest BCUT2D eigenvalue weighted by atomic mass is 16.5. The van der Waals surface area contributed by atoms with Crippen molar-refractivity contribution in [3.63, 3.8) is 0 Å². The number of ketones is 1. The molecule has 0 amide bonds. The predicted octanol–water partition coefficient (Wildman–Crippen LogP) is 2.60. The van der Waals surface area contributed by atoms with Gasteiger partial charge in [-0.2, -0.15) is 0 Å². The van der Waals surface area contributed by atoms with Crippen molar-refractivity contribution in [3.8, 4) is 23.0 Å². The Hall–Kier alpha value is -2.99. The van der Waals surface area contributed by atoms with Crippen molar-refractivity contribution >= 4 is 11.9 Å². The van der Waals surface area contributed by atoms with Gasteiger partial charge in [-0.15, -0.1) is 0 Å². The quantitative estimate of drug-likeness (QED) is 0.642. The molecule has 6 heteroatoms. The summed E-state index contributed by atoms with van der Waals surface area (Å²) in [6, 6.07) is 8.38. The number of carbonyl (C=O) groups excluding carboxylic acids is 1. The Labute approximate surface area is 177 Å². The number of carbonyl (C=O) groups is 1. The maximum atomic E-state index is 13.0. The highest BCUT2D eigenvalue weighted by Crippen LogP contribution is 2.39. The van der Waals surface area contributed by atoms with Gasteiger partial charge < -0.3 is 24.2 Å². The van der Waals surface area contributed by atoms with Crippen LogP contribution in [0.4, 0.5) is 0 Å². The third-order valence-corrected chi connectivity index (χ3v) is 5.26. The van der Waals surface area contributed by atoms with Crippen LogP contribution in [-0.4, -0.2) is 33.1 Å². The van der Waals surface area contributed by atoms with Gasteiger partial charge in [0.05, 0.1) is 32.9 Å². The fraction of sp³-hybridized carbons (Fsp3) is 0.375. The van der Waals surface area contributed by atoms with Gasteiger partial charge in [-0.05, 0) is 37.1 Å². The Morgan fingerprint density at radius 2 is 1.80 bits per heavy atom.